The lowest BCUT2D eigenvalue weighted by Gasteiger charge is -2.22. The fourth-order valence-corrected chi connectivity index (χ4v) is 4.53. The van der Waals surface area contributed by atoms with E-state index in [1.807, 2.05) is 6.92 Å². The largest absolute Gasteiger partial charge is 0.369 e. The number of amides is 2. The van der Waals surface area contributed by atoms with Crippen LogP contribution in [0.3, 0.4) is 0 Å². The van der Waals surface area contributed by atoms with Gasteiger partial charge in [0.05, 0.1) is 17.9 Å². The van der Waals surface area contributed by atoms with Gasteiger partial charge in [-0.25, -0.2) is 12.8 Å². The SMILES string of the molecule is Cc1ccc(S(=O)(=O)N(CC(=O)Nc2ccc(CC(N)=O)cc2)Cc2ccc(F)cc2)cc1. The van der Waals surface area contributed by atoms with Crippen molar-refractivity contribution in [3.63, 3.8) is 0 Å². The van der Waals surface area contributed by atoms with Crippen molar-refractivity contribution in [2.75, 3.05) is 11.9 Å². The number of primary amides is 1. The molecule has 3 aromatic rings. The van der Waals surface area contributed by atoms with Gasteiger partial charge in [-0.3, -0.25) is 9.59 Å². The maximum atomic E-state index is 13.3. The summed E-state index contributed by atoms with van der Waals surface area (Å²) < 4.78 is 40.9. The molecular weight excluding hydrogens is 445 g/mol. The molecule has 0 aliphatic heterocycles. The highest BCUT2D eigenvalue weighted by atomic mass is 32.2. The van der Waals surface area contributed by atoms with Crippen LogP contribution in [-0.2, 0) is 32.6 Å². The summed E-state index contributed by atoms with van der Waals surface area (Å²) >= 11 is 0. The summed E-state index contributed by atoms with van der Waals surface area (Å²) in [4.78, 5) is 23.8. The molecule has 0 saturated carbocycles. The van der Waals surface area contributed by atoms with Crippen LogP contribution < -0.4 is 11.1 Å². The third kappa shape index (κ3) is 6.71. The molecule has 2 amide bonds. The molecule has 0 bridgehead atoms. The van der Waals surface area contributed by atoms with Crippen molar-refractivity contribution >= 4 is 27.5 Å². The molecule has 172 valence electrons. The van der Waals surface area contributed by atoms with Crippen LogP contribution in [0, 0.1) is 12.7 Å². The minimum atomic E-state index is -4.01. The maximum absolute atomic E-state index is 13.3. The summed E-state index contributed by atoms with van der Waals surface area (Å²) in [6.45, 7) is 1.28. The Bertz CT molecular complexity index is 1230. The van der Waals surface area contributed by atoms with Gasteiger partial charge in [-0.1, -0.05) is 42.0 Å². The van der Waals surface area contributed by atoms with Gasteiger partial charge in [0.2, 0.25) is 21.8 Å². The van der Waals surface area contributed by atoms with Crippen LogP contribution in [0.5, 0.6) is 0 Å². The predicted molar refractivity (Wildman–Crippen MR) is 123 cm³/mol. The number of carbonyl (C=O) groups excluding carboxylic acids is 2. The lowest BCUT2D eigenvalue weighted by atomic mass is 10.1. The predicted octanol–water partition coefficient (Wildman–Crippen LogP) is 2.99. The van der Waals surface area contributed by atoms with Crippen molar-refractivity contribution in [3.05, 3.63) is 95.3 Å². The molecule has 0 spiro atoms. The van der Waals surface area contributed by atoms with Gasteiger partial charge in [0.25, 0.3) is 0 Å². The van der Waals surface area contributed by atoms with Crippen molar-refractivity contribution < 1.29 is 22.4 Å². The molecule has 0 saturated heterocycles. The van der Waals surface area contributed by atoms with Crippen molar-refractivity contribution in [1.82, 2.24) is 4.31 Å². The van der Waals surface area contributed by atoms with Gasteiger partial charge in [-0.2, -0.15) is 4.31 Å². The number of anilines is 1. The van der Waals surface area contributed by atoms with Gasteiger partial charge in [0, 0.05) is 12.2 Å². The highest BCUT2D eigenvalue weighted by Gasteiger charge is 2.27. The topological polar surface area (TPSA) is 110 Å². The molecule has 33 heavy (non-hydrogen) atoms. The van der Waals surface area contributed by atoms with Crippen LogP contribution in [0.2, 0.25) is 0 Å². The number of aryl methyl sites for hydroxylation is 1. The van der Waals surface area contributed by atoms with Crippen molar-refractivity contribution in [3.8, 4) is 0 Å². The summed E-state index contributed by atoms with van der Waals surface area (Å²) in [7, 11) is -4.01. The van der Waals surface area contributed by atoms with Gasteiger partial charge in [0.15, 0.2) is 0 Å². The van der Waals surface area contributed by atoms with E-state index in [9.17, 15) is 22.4 Å². The number of halogens is 1. The Hall–Kier alpha value is -3.56. The first-order valence-electron chi connectivity index (χ1n) is 10.1. The quantitative estimate of drug-likeness (QED) is 0.502. The van der Waals surface area contributed by atoms with Crippen LogP contribution in [0.25, 0.3) is 0 Å². The Kier molecular flexibility index (Phi) is 7.57. The maximum Gasteiger partial charge on any atom is 0.243 e. The van der Waals surface area contributed by atoms with Crippen LogP contribution in [-0.4, -0.2) is 31.1 Å². The third-order valence-electron chi connectivity index (χ3n) is 4.87. The van der Waals surface area contributed by atoms with E-state index in [0.717, 1.165) is 9.87 Å². The number of hydrogen-bond acceptors (Lipinski definition) is 4. The zero-order valence-corrected chi connectivity index (χ0v) is 18.8. The monoisotopic (exact) mass is 469 g/mol. The average molecular weight is 470 g/mol. The highest BCUT2D eigenvalue weighted by molar-refractivity contribution is 7.89. The number of nitrogens with zero attached hydrogens (tertiary/aromatic N) is 1. The molecule has 0 aromatic heterocycles. The van der Waals surface area contributed by atoms with Gasteiger partial charge >= 0.3 is 0 Å². The smallest absolute Gasteiger partial charge is 0.243 e. The number of carbonyl (C=O) groups is 2. The highest BCUT2D eigenvalue weighted by Crippen LogP contribution is 2.20. The first-order chi connectivity index (χ1) is 15.6. The second kappa shape index (κ2) is 10.4. The number of hydrogen-bond donors (Lipinski definition) is 2. The number of nitrogens with one attached hydrogen (secondary N) is 1. The van der Waals surface area contributed by atoms with Gasteiger partial charge in [-0.15, -0.1) is 0 Å². The molecule has 0 fully saturated rings. The first kappa shape index (κ1) is 24.1. The second-order valence-electron chi connectivity index (χ2n) is 7.60. The van der Waals surface area contributed by atoms with Gasteiger partial charge in [-0.05, 0) is 54.4 Å². The minimum absolute atomic E-state index is 0.0545. The van der Waals surface area contributed by atoms with Crippen LogP contribution in [0.15, 0.2) is 77.7 Å². The second-order valence-corrected chi connectivity index (χ2v) is 9.54. The Balaban J connectivity index is 1.81. The van der Waals surface area contributed by atoms with E-state index in [-0.39, 0.29) is 17.9 Å². The molecule has 3 N–H and O–H groups in total. The number of benzene rings is 3. The number of nitrogens with two attached hydrogens (primary N) is 1. The van der Waals surface area contributed by atoms with Gasteiger partial charge in [0.1, 0.15) is 5.82 Å². The molecule has 0 unspecified atom stereocenters. The third-order valence-corrected chi connectivity index (χ3v) is 6.67. The Morgan fingerprint density at radius 3 is 2.06 bits per heavy atom. The standard InChI is InChI=1S/C24H24FN3O4S/c1-17-2-12-22(13-3-17)33(31,32)28(15-19-4-8-20(25)9-5-19)16-24(30)27-21-10-6-18(7-11-21)14-23(26)29/h2-13H,14-16H2,1H3,(H2,26,29)(H,27,30). The lowest BCUT2D eigenvalue weighted by Crippen LogP contribution is -2.37. The van der Waals surface area contributed by atoms with E-state index in [1.165, 1.54) is 36.4 Å². The summed E-state index contributed by atoms with van der Waals surface area (Å²) in [6, 6.07) is 18.3. The Morgan fingerprint density at radius 2 is 1.48 bits per heavy atom. The van der Waals surface area contributed by atoms with Crippen molar-refractivity contribution in [2.24, 2.45) is 5.73 Å². The molecule has 3 rings (SSSR count). The van der Waals surface area contributed by atoms with Gasteiger partial charge < -0.3 is 11.1 Å². The Labute approximate surface area is 192 Å². The first-order valence-corrected chi connectivity index (χ1v) is 11.6. The normalized spacial score (nSPS) is 11.4. The zero-order valence-electron chi connectivity index (χ0n) is 18.0. The molecule has 0 aliphatic rings. The fourth-order valence-electron chi connectivity index (χ4n) is 3.15. The number of sulfonamides is 1. The van der Waals surface area contributed by atoms with E-state index in [0.29, 0.717) is 16.8 Å². The molecule has 0 atom stereocenters. The summed E-state index contributed by atoms with van der Waals surface area (Å²) in [6.07, 6.45) is 0.0778. The van der Waals surface area contributed by atoms with E-state index in [2.05, 4.69) is 5.32 Å². The van der Waals surface area contributed by atoms with Crippen LogP contribution in [0.1, 0.15) is 16.7 Å². The molecule has 9 heteroatoms. The Morgan fingerprint density at radius 1 is 0.909 bits per heavy atom. The van der Waals surface area contributed by atoms with Crippen molar-refractivity contribution in [1.29, 1.82) is 0 Å². The molecule has 0 aliphatic carbocycles. The average Bonchev–Trinajstić information content (AvgIpc) is 2.76. The van der Waals surface area contributed by atoms with Crippen LogP contribution >= 0.6 is 0 Å². The van der Waals surface area contributed by atoms with E-state index in [1.54, 1.807) is 36.4 Å². The lowest BCUT2D eigenvalue weighted by molar-refractivity contribution is -0.117. The van der Waals surface area contributed by atoms with Crippen molar-refractivity contribution in [2.45, 2.75) is 24.8 Å². The molecule has 0 radical (unpaired) electrons. The summed E-state index contributed by atoms with van der Waals surface area (Å²) in [5.74, 6) is -1.45. The van der Waals surface area contributed by atoms with E-state index < -0.39 is 34.2 Å². The zero-order chi connectivity index (χ0) is 24.0. The molecule has 3 aromatic carbocycles. The molecule has 0 heterocycles. The van der Waals surface area contributed by atoms with E-state index >= 15 is 0 Å². The summed E-state index contributed by atoms with van der Waals surface area (Å²) in [5.41, 5.74) is 7.75. The van der Waals surface area contributed by atoms with Crippen LogP contribution in [0.4, 0.5) is 10.1 Å². The van der Waals surface area contributed by atoms with E-state index in [4.69, 9.17) is 5.73 Å². The minimum Gasteiger partial charge on any atom is -0.369 e. The molecular formula is C24H24FN3O4S. The molecule has 7 nitrogen and oxygen atoms in total. The summed E-state index contributed by atoms with van der Waals surface area (Å²) in [5, 5.41) is 2.66. The number of rotatable bonds is 9. The fraction of sp³-hybridized carbons (Fsp3) is 0.167.